The minimum Gasteiger partial charge on any atom is -0.319 e. The zero-order valence-electron chi connectivity index (χ0n) is 11.0. The first-order valence-electron chi connectivity index (χ1n) is 6.12. The van der Waals surface area contributed by atoms with Crippen LogP contribution in [0.15, 0.2) is 36.7 Å². The van der Waals surface area contributed by atoms with Crippen LogP contribution in [0.1, 0.15) is 16.1 Å². The summed E-state index contributed by atoms with van der Waals surface area (Å²) >= 11 is 0. The van der Waals surface area contributed by atoms with E-state index in [1.54, 1.807) is 19.2 Å². The van der Waals surface area contributed by atoms with Gasteiger partial charge in [0.2, 0.25) is 0 Å². The molecule has 0 aliphatic carbocycles. The van der Waals surface area contributed by atoms with Gasteiger partial charge in [0.05, 0.1) is 11.4 Å². The van der Waals surface area contributed by atoms with Crippen molar-refractivity contribution in [2.24, 2.45) is 0 Å². The number of benzene rings is 1. The summed E-state index contributed by atoms with van der Waals surface area (Å²) in [4.78, 5) is 16.4. The quantitative estimate of drug-likeness (QED) is 0.788. The molecule has 21 heavy (non-hydrogen) atoms. The zero-order valence-corrected chi connectivity index (χ0v) is 11.0. The van der Waals surface area contributed by atoms with Crippen LogP contribution in [0, 0.1) is 18.6 Å². The van der Waals surface area contributed by atoms with Crippen molar-refractivity contribution in [1.29, 1.82) is 0 Å². The lowest BCUT2D eigenvalue weighted by molar-refractivity contribution is 0.102. The molecule has 0 saturated carbocycles. The van der Waals surface area contributed by atoms with Crippen molar-refractivity contribution in [3.05, 3.63) is 59.6 Å². The monoisotopic (exact) mass is 288 g/mol. The second-order valence-corrected chi connectivity index (χ2v) is 4.43. The number of hydrogen-bond acceptors (Lipinski definition) is 3. The van der Waals surface area contributed by atoms with E-state index in [0.717, 1.165) is 18.2 Å². The molecule has 0 atom stereocenters. The lowest BCUT2D eigenvalue weighted by atomic mass is 10.2. The van der Waals surface area contributed by atoms with Crippen LogP contribution in [0.3, 0.4) is 0 Å². The summed E-state index contributed by atoms with van der Waals surface area (Å²) in [7, 11) is 0. The molecule has 1 aromatic carbocycles. The van der Waals surface area contributed by atoms with Gasteiger partial charge in [0.15, 0.2) is 5.65 Å². The van der Waals surface area contributed by atoms with Gasteiger partial charge in [0, 0.05) is 18.5 Å². The van der Waals surface area contributed by atoms with Gasteiger partial charge in [0.25, 0.3) is 5.91 Å². The van der Waals surface area contributed by atoms with Crippen molar-refractivity contribution in [2.45, 2.75) is 6.92 Å². The van der Waals surface area contributed by atoms with E-state index in [0.29, 0.717) is 11.3 Å². The smallest absolute Gasteiger partial charge is 0.261 e. The molecular formula is C14H10F2N4O. The second-order valence-electron chi connectivity index (χ2n) is 4.43. The molecule has 2 aromatic heterocycles. The second kappa shape index (κ2) is 4.93. The number of rotatable bonds is 2. The van der Waals surface area contributed by atoms with Gasteiger partial charge in [-0.25, -0.2) is 18.3 Å². The molecule has 0 unspecified atom stereocenters. The van der Waals surface area contributed by atoms with E-state index in [1.165, 1.54) is 10.7 Å². The zero-order chi connectivity index (χ0) is 15.0. The number of fused-ring (bicyclic) bond motifs is 1. The molecule has 5 nitrogen and oxygen atoms in total. The van der Waals surface area contributed by atoms with Gasteiger partial charge >= 0.3 is 0 Å². The van der Waals surface area contributed by atoms with E-state index in [1.807, 2.05) is 0 Å². The molecule has 3 aromatic rings. The Hall–Kier alpha value is -2.83. The minimum atomic E-state index is -0.716. The molecule has 0 aliphatic rings. The van der Waals surface area contributed by atoms with E-state index in [-0.39, 0.29) is 11.3 Å². The molecule has 2 heterocycles. The molecule has 0 bridgehead atoms. The summed E-state index contributed by atoms with van der Waals surface area (Å²) in [6.07, 6.45) is 3.17. The molecule has 1 N–H and O–H groups in total. The number of amides is 1. The van der Waals surface area contributed by atoms with Crippen LogP contribution in [-0.2, 0) is 0 Å². The van der Waals surface area contributed by atoms with Crippen LogP contribution in [0.4, 0.5) is 14.5 Å². The Morgan fingerprint density at radius 1 is 1.33 bits per heavy atom. The fourth-order valence-corrected chi connectivity index (χ4v) is 2.04. The summed E-state index contributed by atoms with van der Waals surface area (Å²) in [5.74, 6) is -1.95. The SMILES string of the molecule is Cc1nn2cccnc2c1C(=O)Nc1cc(F)ccc1F. The summed E-state index contributed by atoms with van der Waals surface area (Å²) in [5, 5.41) is 6.48. The van der Waals surface area contributed by atoms with Crippen molar-refractivity contribution in [3.8, 4) is 0 Å². The standard InChI is InChI=1S/C14H10F2N4O/c1-8-12(13-17-5-2-6-20(13)19-8)14(21)18-11-7-9(15)3-4-10(11)16/h2-7H,1H3,(H,18,21). The fraction of sp³-hybridized carbons (Fsp3) is 0.0714. The third-order valence-electron chi connectivity index (χ3n) is 2.97. The number of halogens is 2. The molecule has 0 radical (unpaired) electrons. The molecule has 106 valence electrons. The van der Waals surface area contributed by atoms with E-state index in [2.05, 4.69) is 15.4 Å². The first-order valence-corrected chi connectivity index (χ1v) is 6.12. The molecule has 0 spiro atoms. The van der Waals surface area contributed by atoms with Gasteiger partial charge in [-0.2, -0.15) is 5.10 Å². The topological polar surface area (TPSA) is 59.3 Å². The summed E-state index contributed by atoms with van der Waals surface area (Å²) in [6, 6.07) is 4.52. The van der Waals surface area contributed by atoms with Crippen LogP contribution < -0.4 is 5.32 Å². The lowest BCUT2D eigenvalue weighted by Crippen LogP contribution is -2.14. The highest BCUT2D eigenvalue weighted by Crippen LogP contribution is 2.19. The molecule has 1 amide bonds. The number of hydrogen-bond donors (Lipinski definition) is 1. The molecular weight excluding hydrogens is 278 g/mol. The maximum atomic E-state index is 13.6. The van der Waals surface area contributed by atoms with Crippen LogP contribution >= 0.6 is 0 Å². The van der Waals surface area contributed by atoms with Crippen molar-refractivity contribution in [3.63, 3.8) is 0 Å². The first kappa shape index (κ1) is 13.2. The Balaban J connectivity index is 2.01. The lowest BCUT2D eigenvalue weighted by Gasteiger charge is -2.06. The molecule has 0 saturated heterocycles. The van der Waals surface area contributed by atoms with Crippen molar-refractivity contribution >= 4 is 17.2 Å². The van der Waals surface area contributed by atoms with Crippen LogP contribution in [0.5, 0.6) is 0 Å². The molecule has 0 fully saturated rings. The molecule has 7 heteroatoms. The van der Waals surface area contributed by atoms with E-state index in [4.69, 9.17) is 0 Å². The van der Waals surface area contributed by atoms with Gasteiger partial charge in [-0.3, -0.25) is 4.79 Å². The number of carbonyl (C=O) groups excluding carboxylic acids is 1. The highest BCUT2D eigenvalue weighted by molar-refractivity contribution is 6.09. The number of aromatic nitrogens is 3. The number of nitrogens with one attached hydrogen (secondary N) is 1. The number of anilines is 1. The maximum absolute atomic E-state index is 13.6. The van der Waals surface area contributed by atoms with Crippen LogP contribution in [0.25, 0.3) is 5.65 Å². The number of aryl methyl sites for hydroxylation is 1. The van der Waals surface area contributed by atoms with Gasteiger partial charge in [-0.1, -0.05) is 0 Å². The largest absolute Gasteiger partial charge is 0.319 e. The third kappa shape index (κ3) is 2.33. The molecule has 3 rings (SSSR count). The van der Waals surface area contributed by atoms with E-state index in [9.17, 15) is 13.6 Å². The Kier molecular flexibility index (Phi) is 3.09. The van der Waals surface area contributed by atoms with Gasteiger partial charge in [0.1, 0.15) is 17.2 Å². The predicted octanol–water partition coefficient (Wildman–Crippen LogP) is 2.57. The van der Waals surface area contributed by atoms with Crippen LogP contribution in [0.2, 0.25) is 0 Å². The van der Waals surface area contributed by atoms with Gasteiger partial charge < -0.3 is 5.32 Å². The van der Waals surface area contributed by atoms with Gasteiger partial charge in [-0.15, -0.1) is 0 Å². The van der Waals surface area contributed by atoms with Crippen LogP contribution in [-0.4, -0.2) is 20.5 Å². The highest BCUT2D eigenvalue weighted by Gasteiger charge is 2.19. The minimum absolute atomic E-state index is 0.222. The Bertz CT molecular complexity index is 844. The Labute approximate surface area is 118 Å². The highest BCUT2D eigenvalue weighted by atomic mass is 19.1. The molecule has 0 aliphatic heterocycles. The van der Waals surface area contributed by atoms with Crippen molar-refractivity contribution in [1.82, 2.24) is 14.6 Å². The number of nitrogens with zero attached hydrogens (tertiary/aromatic N) is 3. The first-order chi connectivity index (χ1) is 10.1. The average molecular weight is 288 g/mol. The van der Waals surface area contributed by atoms with Crippen molar-refractivity contribution in [2.75, 3.05) is 5.32 Å². The summed E-state index contributed by atoms with van der Waals surface area (Å²) in [5.41, 5.74) is 0.793. The normalized spacial score (nSPS) is 10.8. The fourth-order valence-electron chi connectivity index (χ4n) is 2.04. The van der Waals surface area contributed by atoms with E-state index < -0.39 is 17.5 Å². The predicted molar refractivity (Wildman–Crippen MR) is 72.0 cm³/mol. The van der Waals surface area contributed by atoms with Crippen molar-refractivity contribution < 1.29 is 13.6 Å². The summed E-state index contributed by atoms with van der Waals surface area (Å²) < 4.78 is 28.1. The Morgan fingerprint density at radius 2 is 2.14 bits per heavy atom. The average Bonchev–Trinajstić information content (AvgIpc) is 2.78. The maximum Gasteiger partial charge on any atom is 0.261 e. The van der Waals surface area contributed by atoms with Gasteiger partial charge in [-0.05, 0) is 25.1 Å². The summed E-state index contributed by atoms with van der Waals surface area (Å²) in [6.45, 7) is 1.64. The number of carbonyl (C=O) groups is 1. The van der Waals surface area contributed by atoms with E-state index >= 15 is 0 Å². The Morgan fingerprint density at radius 3 is 2.95 bits per heavy atom. The third-order valence-corrected chi connectivity index (χ3v) is 2.97.